The zero-order chi connectivity index (χ0) is 11.3. The number of ether oxygens (including phenoxy) is 1. The zero-order valence-electron chi connectivity index (χ0n) is 8.98. The van der Waals surface area contributed by atoms with Crippen LogP contribution in [0.4, 0.5) is 0 Å². The molecule has 0 saturated carbocycles. The van der Waals surface area contributed by atoms with Gasteiger partial charge in [-0.1, -0.05) is 6.92 Å². The highest BCUT2D eigenvalue weighted by atomic mass is 32.2. The van der Waals surface area contributed by atoms with Gasteiger partial charge in [-0.3, -0.25) is 0 Å². The van der Waals surface area contributed by atoms with Gasteiger partial charge in [0.25, 0.3) is 0 Å². The largest absolute Gasteiger partial charge is 0.377 e. The van der Waals surface area contributed by atoms with Crippen LogP contribution < -0.4 is 0 Å². The Kier molecular flexibility index (Phi) is 4.55. The van der Waals surface area contributed by atoms with Crippen molar-refractivity contribution < 1.29 is 13.2 Å². The molecule has 15 heavy (non-hydrogen) atoms. The van der Waals surface area contributed by atoms with Crippen molar-refractivity contribution in [3.63, 3.8) is 0 Å². The summed E-state index contributed by atoms with van der Waals surface area (Å²) in [5, 5.41) is 8.02. The van der Waals surface area contributed by atoms with E-state index < -0.39 is 15.1 Å². The molecular weight excluding hydrogens is 214 g/mol. The summed E-state index contributed by atoms with van der Waals surface area (Å²) in [4.78, 5) is 0. The standard InChI is InChI=1S/C10H17NO3S/c1-2-10(5-6-11)15(12,13)8-9-4-3-7-14-9/h9-10H,2-5,7-8H2,1H3. The van der Waals surface area contributed by atoms with Gasteiger partial charge in [0.15, 0.2) is 9.84 Å². The zero-order valence-corrected chi connectivity index (χ0v) is 9.79. The summed E-state index contributed by atoms with van der Waals surface area (Å²) in [6.45, 7) is 2.46. The summed E-state index contributed by atoms with van der Waals surface area (Å²) in [5.41, 5.74) is 0. The van der Waals surface area contributed by atoms with Gasteiger partial charge in [-0.15, -0.1) is 0 Å². The van der Waals surface area contributed by atoms with E-state index in [4.69, 9.17) is 10.00 Å². The van der Waals surface area contributed by atoms with Crippen LogP contribution in [-0.4, -0.2) is 32.1 Å². The molecule has 0 radical (unpaired) electrons. The normalized spacial score (nSPS) is 23.6. The van der Waals surface area contributed by atoms with Crippen LogP contribution in [0.25, 0.3) is 0 Å². The highest BCUT2D eigenvalue weighted by molar-refractivity contribution is 7.92. The fourth-order valence-corrected chi connectivity index (χ4v) is 3.69. The molecular formula is C10H17NO3S. The van der Waals surface area contributed by atoms with Crippen molar-refractivity contribution in [2.45, 2.75) is 44.0 Å². The van der Waals surface area contributed by atoms with Gasteiger partial charge in [0, 0.05) is 6.61 Å². The first-order valence-corrected chi connectivity index (χ1v) is 7.01. The number of rotatable bonds is 5. The summed E-state index contributed by atoms with van der Waals surface area (Å²) < 4.78 is 29.1. The lowest BCUT2D eigenvalue weighted by Gasteiger charge is -2.15. The van der Waals surface area contributed by atoms with Gasteiger partial charge < -0.3 is 4.74 Å². The van der Waals surface area contributed by atoms with E-state index in [1.165, 1.54) is 0 Å². The minimum absolute atomic E-state index is 0.0766. The third kappa shape index (κ3) is 3.47. The second-order valence-corrected chi connectivity index (χ2v) is 6.18. The van der Waals surface area contributed by atoms with Gasteiger partial charge in [-0.05, 0) is 19.3 Å². The maximum Gasteiger partial charge on any atom is 0.156 e. The Morgan fingerprint density at radius 2 is 2.33 bits per heavy atom. The smallest absolute Gasteiger partial charge is 0.156 e. The molecule has 1 aliphatic heterocycles. The molecule has 2 atom stereocenters. The molecule has 1 saturated heterocycles. The van der Waals surface area contributed by atoms with E-state index in [9.17, 15) is 8.42 Å². The van der Waals surface area contributed by atoms with Crippen LogP contribution in [0, 0.1) is 11.3 Å². The monoisotopic (exact) mass is 231 g/mol. The fraction of sp³-hybridized carbons (Fsp3) is 0.900. The molecule has 0 spiro atoms. The van der Waals surface area contributed by atoms with E-state index in [2.05, 4.69) is 0 Å². The first-order valence-electron chi connectivity index (χ1n) is 5.30. The Bertz CT molecular complexity index is 325. The molecule has 86 valence electrons. The van der Waals surface area contributed by atoms with Crippen LogP contribution in [0.5, 0.6) is 0 Å². The van der Waals surface area contributed by atoms with Gasteiger partial charge >= 0.3 is 0 Å². The van der Waals surface area contributed by atoms with Crippen LogP contribution in [0.3, 0.4) is 0 Å². The van der Waals surface area contributed by atoms with Gasteiger partial charge in [0.1, 0.15) is 0 Å². The van der Waals surface area contributed by atoms with Crippen molar-refractivity contribution >= 4 is 9.84 Å². The van der Waals surface area contributed by atoms with Crippen LogP contribution in [0.1, 0.15) is 32.6 Å². The summed E-state index contributed by atoms with van der Waals surface area (Å²) in [7, 11) is -3.17. The lowest BCUT2D eigenvalue weighted by atomic mass is 10.3. The van der Waals surface area contributed by atoms with Crippen molar-refractivity contribution in [2.24, 2.45) is 0 Å². The number of hydrogen-bond donors (Lipinski definition) is 0. The Hall–Kier alpha value is -0.600. The average Bonchev–Trinajstić information content (AvgIpc) is 2.65. The van der Waals surface area contributed by atoms with Crippen LogP contribution >= 0.6 is 0 Å². The Morgan fingerprint density at radius 3 is 2.80 bits per heavy atom. The number of nitriles is 1. The maximum absolute atomic E-state index is 11.9. The van der Waals surface area contributed by atoms with Gasteiger partial charge in [-0.25, -0.2) is 8.42 Å². The summed E-state index contributed by atoms with van der Waals surface area (Å²) in [6, 6.07) is 1.93. The second kappa shape index (κ2) is 5.47. The third-order valence-electron chi connectivity index (χ3n) is 2.72. The highest BCUT2D eigenvalue weighted by Crippen LogP contribution is 2.18. The third-order valence-corrected chi connectivity index (χ3v) is 5.08. The molecule has 0 N–H and O–H groups in total. The van der Waals surface area contributed by atoms with Gasteiger partial charge in [-0.2, -0.15) is 5.26 Å². The van der Waals surface area contributed by atoms with Crippen LogP contribution in [0.15, 0.2) is 0 Å². The molecule has 2 unspecified atom stereocenters. The Labute approximate surface area is 91.1 Å². The molecule has 1 heterocycles. The lowest BCUT2D eigenvalue weighted by Crippen LogP contribution is -2.29. The molecule has 0 aliphatic carbocycles. The summed E-state index contributed by atoms with van der Waals surface area (Å²) in [5.74, 6) is 0.0766. The molecule has 0 amide bonds. The molecule has 0 aromatic heterocycles. The quantitative estimate of drug-likeness (QED) is 0.714. The highest BCUT2D eigenvalue weighted by Gasteiger charge is 2.29. The number of hydrogen-bond acceptors (Lipinski definition) is 4. The van der Waals surface area contributed by atoms with Crippen molar-refractivity contribution in [3.05, 3.63) is 0 Å². The Balaban J connectivity index is 2.60. The van der Waals surface area contributed by atoms with Crippen molar-refractivity contribution in [3.8, 4) is 6.07 Å². The Morgan fingerprint density at radius 1 is 1.60 bits per heavy atom. The van der Waals surface area contributed by atoms with Crippen LogP contribution in [0.2, 0.25) is 0 Å². The van der Waals surface area contributed by atoms with E-state index in [1.807, 2.05) is 6.07 Å². The van der Waals surface area contributed by atoms with E-state index in [0.717, 1.165) is 12.8 Å². The fourth-order valence-electron chi connectivity index (χ4n) is 1.80. The molecule has 0 bridgehead atoms. The second-order valence-electron chi connectivity index (χ2n) is 3.86. The van der Waals surface area contributed by atoms with E-state index in [0.29, 0.717) is 13.0 Å². The molecule has 4 nitrogen and oxygen atoms in total. The molecule has 1 rings (SSSR count). The average molecular weight is 231 g/mol. The van der Waals surface area contributed by atoms with Crippen molar-refractivity contribution in [1.29, 1.82) is 5.26 Å². The molecule has 1 aliphatic rings. The number of sulfone groups is 1. The first-order chi connectivity index (χ1) is 7.10. The topological polar surface area (TPSA) is 67.2 Å². The lowest BCUT2D eigenvalue weighted by molar-refractivity contribution is 0.127. The van der Waals surface area contributed by atoms with Gasteiger partial charge in [0.2, 0.25) is 0 Å². The molecule has 5 heteroatoms. The van der Waals surface area contributed by atoms with Crippen molar-refractivity contribution in [2.75, 3.05) is 12.4 Å². The molecule has 0 aromatic carbocycles. The first kappa shape index (κ1) is 12.5. The predicted octanol–water partition coefficient (Wildman–Crippen LogP) is 1.27. The predicted molar refractivity (Wildman–Crippen MR) is 57.1 cm³/mol. The minimum Gasteiger partial charge on any atom is -0.377 e. The van der Waals surface area contributed by atoms with E-state index in [1.54, 1.807) is 6.92 Å². The number of nitrogens with zero attached hydrogens (tertiary/aromatic N) is 1. The van der Waals surface area contributed by atoms with Crippen LogP contribution in [-0.2, 0) is 14.6 Å². The van der Waals surface area contributed by atoms with E-state index >= 15 is 0 Å². The summed E-state index contributed by atoms with van der Waals surface area (Å²) in [6.07, 6.45) is 2.20. The SMILES string of the molecule is CCC(CC#N)S(=O)(=O)CC1CCCO1. The molecule has 1 fully saturated rings. The maximum atomic E-state index is 11.9. The van der Waals surface area contributed by atoms with E-state index in [-0.39, 0.29) is 18.3 Å². The molecule has 0 aromatic rings. The van der Waals surface area contributed by atoms with Crippen molar-refractivity contribution in [1.82, 2.24) is 0 Å². The summed E-state index contributed by atoms with van der Waals surface area (Å²) >= 11 is 0. The van der Waals surface area contributed by atoms with Gasteiger partial charge in [0.05, 0.1) is 29.6 Å². The minimum atomic E-state index is -3.17.